The predicted octanol–water partition coefficient (Wildman–Crippen LogP) is -0.895. The Hall–Kier alpha value is -0.610. The lowest BCUT2D eigenvalue weighted by Gasteiger charge is -1.95. The molecule has 0 radical (unpaired) electrons. The van der Waals surface area contributed by atoms with Crippen molar-refractivity contribution in [3.8, 4) is 0 Å². The van der Waals surface area contributed by atoms with Crippen LogP contribution < -0.4 is 17.0 Å². The van der Waals surface area contributed by atoms with Crippen molar-refractivity contribution in [2.75, 3.05) is 6.54 Å². The number of nitrogens with one attached hydrogen (secondary N) is 1. The first-order valence-corrected chi connectivity index (χ1v) is 2.99. The Bertz CT molecular complexity index is 84.3. The molecule has 0 aliphatic rings. The average molecular weight is 131 g/mol. The van der Waals surface area contributed by atoms with Crippen molar-refractivity contribution < 1.29 is 4.79 Å². The molecule has 54 valence electrons. The fourth-order valence-electron chi connectivity index (χ4n) is 0.526. The van der Waals surface area contributed by atoms with Gasteiger partial charge < -0.3 is 5.73 Å². The summed E-state index contributed by atoms with van der Waals surface area (Å²) in [6.45, 7) is 0.743. The van der Waals surface area contributed by atoms with Crippen molar-refractivity contribution in [3.63, 3.8) is 0 Å². The van der Waals surface area contributed by atoms with Crippen molar-refractivity contribution in [1.82, 2.24) is 5.43 Å². The molecule has 0 aromatic heterocycles. The summed E-state index contributed by atoms with van der Waals surface area (Å²) in [5, 5.41) is 0. The van der Waals surface area contributed by atoms with Gasteiger partial charge in [0.05, 0.1) is 0 Å². The fraction of sp³-hybridized carbons (Fsp3) is 0.800. The molecule has 0 atom stereocenters. The monoisotopic (exact) mass is 131 g/mol. The summed E-state index contributed by atoms with van der Waals surface area (Å²) in [6.07, 6.45) is 2.18. The third kappa shape index (κ3) is 7.39. The molecule has 0 fully saturated rings. The number of hydrogen-bond acceptors (Lipinski definition) is 3. The second kappa shape index (κ2) is 5.53. The van der Waals surface area contributed by atoms with E-state index in [-0.39, 0.29) is 5.91 Å². The van der Waals surface area contributed by atoms with Crippen molar-refractivity contribution in [2.24, 2.45) is 11.6 Å². The minimum Gasteiger partial charge on any atom is -0.370 e. The van der Waals surface area contributed by atoms with Crippen LogP contribution in [0.3, 0.4) is 0 Å². The molecular weight excluding hydrogens is 118 g/mol. The second-order valence-electron chi connectivity index (χ2n) is 1.88. The van der Waals surface area contributed by atoms with E-state index in [9.17, 15) is 4.79 Å². The van der Waals surface area contributed by atoms with Crippen LogP contribution in [0.25, 0.3) is 0 Å². The predicted molar refractivity (Wildman–Crippen MR) is 35.2 cm³/mol. The number of hydrazine groups is 1. The first-order chi connectivity index (χ1) is 4.27. The van der Waals surface area contributed by atoms with Gasteiger partial charge in [0.2, 0.25) is 5.91 Å². The molecule has 0 rings (SSSR count). The largest absolute Gasteiger partial charge is 0.370 e. The van der Waals surface area contributed by atoms with Gasteiger partial charge in [0, 0.05) is 13.0 Å². The van der Waals surface area contributed by atoms with Crippen molar-refractivity contribution in [2.45, 2.75) is 19.3 Å². The first kappa shape index (κ1) is 8.39. The highest BCUT2D eigenvalue weighted by atomic mass is 16.1. The van der Waals surface area contributed by atoms with Crippen LogP contribution in [0.15, 0.2) is 0 Å². The van der Waals surface area contributed by atoms with Gasteiger partial charge in [-0.1, -0.05) is 0 Å². The van der Waals surface area contributed by atoms with Gasteiger partial charge in [-0.15, -0.1) is 0 Å². The molecule has 0 aliphatic carbocycles. The molecule has 0 saturated carbocycles. The van der Waals surface area contributed by atoms with E-state index in [1.807, 2.05) is 0 Å². The number of amides is 1. The van der Waals surface area contributed by atoms with Crippen LogP contribution in [-0.4, -0.2) is 12.5 Å². The zero-order chi connectivity index (χ0) is 7.11. The molecule has 0 saturated heterocycles. The highest BCUT2D eigenvalue weighted by molar-refractivity contribution is 5.73. The number of primary amides is 1. The van der Waals surface area contributed by atoms with Gasteiger partial charge in [-0.05, 0) is 12.8 Å². The van der Waals surface area contributed by atoms with Gasteiger partial charge in [0.15, 0.2) is 0 Å². The van der Waals surface area contributed by atoms with Crippen LogP contribution in [0.1, 0.15) is 19.3 Å². The van der Waals surface area contributed by atoms with Crippen LogP contribution in [0.2, 0.25) is 0 Å². The average Bonchev–Trinajstić information content (AvgIpc) is 1.80. The molecule has 4 nitrogen and oxygen atoms in total. The zero-order valence-electron chi connectivity index (χ0n) is 5.39. The third-order valence-corrected chi connectivity index (χ3v) is 0.994. The molecule has 9 heavy (non-hydrogen) atoms. The lowest BCUT2D eigenvalue weighted by molar-refractivity contribution is -0.118. The second-order valence-corrected chi connectivity index (χ2v) is 1.88. The minimum atomic E-state index is -0.243. The molecule has 0 heterocycles. The van der Waals surface area contributed by atoms with Crippen LogP contribution in [0.4, 0.5) is 0 Å². The number of nitrogens with two attached hydrogens (primary N) is 2. The van der Waals surface area contributed by atoms with Crippen LogP contribution in [-0.2, 0) is 4.79 Å². The highest BCUT2D eigenvalue weighted by Crippen LogP contribution is 1.90. The van der Waals surface area contributed by atoms with Crippen LogP contribution in [0.5, 0.6) is 0 Å². The van der Waals surface area contributed by atoms with E-state index in [4.69, 9.17) is 11.6 Å². The Morgan fingerprint density at radius 1 is 1.44 bits per heavy atom. The van der Waals surface area contributed by atoms with Gasteiger partial charge in [-0.3, -0.25) is 16.1 Å². The quantitative estimate of drug-likeness (QED) is 0.257. The first-order valence-electron chi connectivity index (χ1n) is 2.99. The molecule has 0 aromatic carbocycles. The SMILES string of the molecule is NNCCCCC(N)=O. The molecule has 1 amide bonds. The lowest BCUT2D eigenvalue weighted by atomic mass is 10.2. The molecule has 0 aromatic rings. The van der Waals surface area contributed by atoms with E-state index < -0.39 is 0 Å². The summed E-state index contributed by atoms with van der Waals surface area (Å²) in [7, 11) is 0. The zero-order valence-corrected chi connectivity index (χ0v) is 5.39. The normalized spacial score (nSPS) is 9.44. The summed E-state index contributed by atoms with van der Waals surface area (Å²) < 4.78 is 0. The Morgan fingerprint density at radius 2 is 2.11 bits per heavy atom. The summed E-state index contributed by atoms with van der Waals surface area (Å²) >= 11 is 0. The maximum atomic E-state index is 10.1. The smallest absolute Gasteiger partial charge is 0.217 e. The molecule has 0 aliphatic heterocycles. The van der Waals surface area contributed by atoms with Crippen LogP contribution >= 0.6 is 0 Å². The Morgan fingerprint density at radius 3 is 2.56 bits per heavy atom. The van der Waals surface area contributed by atoms with Crippen molar-refractivity contribution >= 4 is 5.91 Å². The third-order valence-electron chi connectivity index (χ3n) is 0.994. The highest BCUT2D eigenvalue weighted by Gasteiger charge is 1.91. The van der Waals surface area contributed by atoms with E-state index in [0.29, 0.717) is 6.42 Å². The molecule has 0 spiro atoms. The Labute approximate surface area is 54.6 Å². The Balaban J connectivity index is 2.83. The van der Waals surface area contributed by atoms with Gasteiger partial charge in [0.25, 0.3) is 0 Å². The van der Waals surface area contributed by atoms with E-state index >= 15 is 0 Å². The van der Waals surface area contributed by atoms with Crippen LogP contribution in [0, 0.1) is 0 Å². The van der Waals surface area contributed by atoms with Gasteiger partial charge in [0.1, 0.15) is 0 Å². The number of rotatable bonds is 5. The minimum absolute atomic E-state index is 0.243. The maximum absolute atomic E-state index is 10.1. The standard InChI is InChI=1S/C5H13N3O/c6-5(9)3-1-2-4-8-7/h8H,1-4,7H2,(H2,6,9). The van der Waals surface area contributed by atoms with Gasteiger partial charge in [-0.25, -0.2) is 0 Å². The maximum Gasteiger partial charge on any atom is 0.217 e. The number of unbranched alkanes of at least 4 members (excludes halogenated alkanes) is 1. The summed E-state index contributed by atoms with van der Waals surface area (Å²) in [6, 6.07) is 0. The van der Waals surface area contributed by atoms with E-state index in [1.165, 1.54) is 0 Å². The summed E-state index contributed by atoms with van der Waals surface area (Å²) in [5.41, 5.74) is 7.37. The van der Waals surface area contributed by atoms with Gasteiger partial charge >= 0.3 is 0 Å². The molecular formula is C5H13N3O. The van der Waals surface area contributed by atoms with E-state index in [0.717, 1.165) is 19.4 Å². The number of hydrogen-bond donors (Lipinski definition) is 3. The summed E-state index contributed by atoms with van der Waals surface area (Å²) in [5.74, 6) is 4.74. The van der Waals surface area contributed by atoms with Gasteiger partial charge in [-0.2, -0.15) is 0 Å². The molecule has 5 N–H and O–H groups in total. The fourth-order valence-corrected chi connectivity index (χ4v) is 0.526. The van der Waals surface area contributed by atoms with E-state index in [1.54, 1.807) is 0 Å². The Kier molecular flexibility index (Phi) is 5.15. The molecule has 0 unspecified atom stereocenters. The molecule has 4 heteroatoms. The van der Waals surface area contributed by atoms with Crippen molar-refractivity contribution in [1.29, 1.82) is 0 Å². The summed E-state index contributed by atoms with van der Waals surface area (Å²) in [4.78, 5) is 10.1. The lowest BCUT2D eigenvalue weighted by Crippen LogP contribution is -2.23. The van der Waals surface area contributed by atoms with Crippen molar-refractivity contribution in [3.05, 3.63) is 0 Å². The van der Waals surface area contributed by atoms with E-state index in [2.05, 4.69) is 5.43 Å². The molecule has 0 bridgehead atoms. The number of carbonyl (C=O) groups excluding carboxylic acids is 1. The topological polar surface area (TPSA) is 81.1 Å². The number of carbonyl (C=O) groups is 1.